The first kappa shape index (κ1) is 15.5. The Balaban J connectivity index is 1.42. The van der Waals surface area contributed by atoms with E-state index in [0.717, 1.165) is 40.3 Å². The lowest BCUT2D eigenvalue weighted by Crippen LogP contribution is -2.36. The van der Waals surface area contributed by atoms with Crippen molar-refractivity contribution in [1.82, 2.24) is 5.32 Å². The Labute approximate surface area is 151 Å². The van der Waals surface area contributed by atoms with E-state index >= 15 is 0 Å². The van der Waals surface area contributed by atoms with Crippen LogP contribution in [0.15, 0.2) is 32.4 Å². The van der Waals surface area contributed by atoms with Gasteiger partial charge >= 0.3 is 5.63 Å². The number of benzene rings is 1. The van der Waals surface area contributed by atoms with Crippen LogP contribution in [-0.4, -0.2) is 17.3 Å². The van der Waals surface area contributed by atoms with Gasteiger partial charge in [0.25, 0.3) is 0 Å². The third kappa shape index (κ3) is 2.88. The monoisotopic (exact) mass is 354 g/mol. The Hall–Kier alpha value is -1.75. The second kappa shape index (κ2) is 6.20. The number of rotatable bonds is 2. The van der Waals surface area contributed by atoms with Crippen molar-refractivity contribution in [3.63, 3.8) is 0 Å². The van der Waals surface area contributed by atoms with Crippen LogP contribution in [0.3, 0.4) is 0 Å². The van der Waals surface area contributed by atoms with Crippen molar-refractivity contribution >= 4 is 27.9 Å². The van der Waals surface area contributed by atoms with Gasteiger partial charge in [-0.15, -0.1) is 0 Å². The highest BCUT2D eigenvalue weighted by Crippen LogP contribution is 2.31. The fourth-order valence-corrected chi connectivity index (χ4v) is 5.40. The summed E-state index contributed by atoms with van der Waals surface area (Å²) in [4.78, 5) is 16.8. The molecule has 4 nitrogen and oxygen atoms in total. The van der Waals surface area contributed by atoms with Crippen LogP contribution in [-0.2, 0) is 18.6 Å². The molecule has 0 spiro atoms. The van der Waals surface area contributed by atoms with Crippen LogP contribution < -0.4 is 10.9 Å². The Morgan fingerprint density at radius 3 is 2.84 bits per heavy atom. The van der Waals surface area contributed by atoms with Crippen molar-refractivity contribution in [2.75, 3.05) is 0 Å². The summed E-state index contributed by atoms with van der Waals surface area (Å²) in [6.45, 7) is 0. The molecule has 130 valence electrons. The summed E-state index contributed by atoms with van der Waals surface area (Å²) in [5.41, 5.74) is 4.29. The zero-order valence-corrected chi connectivity index (χ0v) is 15.0. The molecule has 0 amide bonds. The molecule has 1 fully saturated rings. The minimum Gasteiger partial charge on any atom is -0.423 e. The largest absolute Gasteiger partial charge is 0.423 e. The molecule has 1 saturated carbocycles. The van der Waals surface area contributed by atoms with Gasteiger partial charge in [-0.05, 0) is 60.9 Å². The lowest BCUT2D eigenvalue weighted by Gasteiger charge is -2.23. The number of nitrogens with one attached hydrogen (secondary N) is 1. The van der Waals surface area contributed by atoms with Crippen LogP contribution in [0.5, 0.6) is 0 Å². The molecule has 1 aliphatic heterocycles. The van der Waals surface area contributed by atoms with Crippen LogP contribution in [0, 0.1) is 0 Å². The predicted molar refractivity (Wildman–Crippen MR) is 102 cm³/mol. The molecule has 1 N–H and O–H groups in total. The van der Waals surface area contributed by atoms with Crippen molar-refractivity contribution < 1.29 is 4.42 Å². The molecule has 1 aromatic heterocycles. The maximum Gasteiger partial charge on any atom is 0.336 e. The van der Waals surface area contributed by atoms with E-state index in [1.165, 1.54) is 43.2 Å². The van der Waals surface area contributed by atoms with Crippen LogP contribution in [0.2, 0.25) is 0 Å². The SMILES string of the molecule is O=c1cc(CSC2=NC3CCCCC3N2)c2cc3c(cc2o1)CCC3. The number of nitrogens with zero attached hydrogens (tertiary/aromatic N) is 1. The molecule has 2 aromatic rings. The van der Waals surface area contributed by atoms with Gasteiger partial charge in [0.15, 0.2) is 5.17 Å². The smallest absolute Gasteiger partial charge is 0.336 e. The fraction of sp³-hybridized carbons (Fsp3) is 0.500. The molecular weight excluding hydrogens is 332 g/mol. The van der Waals surface area contributed by atoms with Gasteiger partial charge in [-0.25, -0.2) is 4.79 Å². The lowest BCUT2D eigenvalue weighted by molar-refractivity contribution is 0.385. The minimum atomic E-state index is -0.254. The topological polar surface area (TPSA) is 54.6 Å². The second-order valence-corrected chi connectivity index (χ2v) is 8.35. The maximum atomic E-state index is 12.0. The van der Waals surface area contributed by atoms with Gasteiger partial charge < -0.3 is 9.73 Å². The van der Waals surface area contributed by atoms with E-state index in [2.05, 4.69) is 17.4 Å². The van der Waals surface area contributed by atoms with E-state index in [0.29, 0.717) is 12.1 Å². The number of aryl methyl sites for hydroxylation is 2. The Morgan fingerprint density at radius 2 is 1.96 bits per heavy atom. The number of fused-ring (bicyclic) bond motifs is 3. The first-order valence-electron chi connectivity index (χ1n) is 9.32. The molecule has 3 aliphatic rings. The van der Waals surface area contributed by atoms with Crippen LogP contribution in [0.4, 0.5) is 0 Å². The first-order chi connectivity index (χ1) is 12.3. The Kier molecular flexibility index (Phi) is 3.85. The highest BCUT2D eigenvalue weighted by atomic mass is 32.2. The van der Waals surface area contributed by atoms with Crippen LogP contribution in [0.25, 0.3) is 11.0 Å². The summed E-state index contributed by atoms with van der Waals surface area (Å²) in [5, 5.41) is 5.71. The average Bonchev–Trinajstić information content (AvgIpc) is 3.23. The van der Waals surface area contributed by atoms with Gasteiger partial charge in [0.2, 0.25) is 0 Å². The summed E-state index contributed by atoms with van der Waals surface area (Å²) in [7, 11) is 0. The third-order valence-electron chi connectivity index (χ3n) is 5.73. The standard InChI is InChI=1S/C20H22N2O2S/c23-19-10-14(11-25-20-21-16-6-1-2-7-17(16)22-20)15-8-12-4-3-5-13(12)9-18(15)24-19/h8-10,16-17H,1-7,11H2,(H,21,22). The van der Waals surface area contributed by atoms with Crippen LogP contribution >= 0.6 is 11.8 Å². The molecule has 2 atom stereocenters. The Bertz CT molecular complexity index is 918. The molecule has 5 heteroatoms. The van der Waals surface area contributed by atoms with Gasteiger partial charge in [-0.1, -0.05) is 24.6 Å². The van der Waals surface area contributed by atoms with Gasteiger partial charge in [0.05, 0.1) is 12.1 Å². The second-order valence-electron chi connectivity index (χ2n) is 7.39. The van der Waals surface area contributed by atoms with Crippen molar-refractivity contribution in [2.24, 2.45) is 4.99 Å². The van der Waals surface area contributed by atoms with Gasteiger partial charge in [-0.2, -0.15) is 0 Å². The molecule has 2 aliphatic carbocycles. The van der Waals surface area contributed by atoms with E-state index in [1.54, 1.807) is 17.8 Å². The van der Waals surface area contributed by atoms with Gasteiger partial charge in [-0.3, -0.25) is 4.99 Å². The van der Waals surface area contributed by atoms with Crippen molar-refractivity contribution in [2.45, 2.75) is 62.8 Å². The molecule has 1 aromatic carbocycles. The van der Waals surface area contributed by atoms with E-state index in [4.69, 9.17) is 9.41 Å². The molecule has 2 heterocycles. The third-order valence-corrected chi connectivity index (χ3v) is 6.68. The van der Waals surface area contributed by atoms with E-state index < -0.39 is 0 Å². The van der Waals surface area contributed by atoms with Crippen molar-refractivity contribution in [3.05, 3.63) is 45.3 Å². The maximum absolute atomic E-state index is 12.0. The zero-order chi connectivity index (χ0) is 16.8. The summed E-state index contributed by atoms with van der Waals surface area (Å²) in [6.07, 6.45) is 8.44. The molecule has 2 unspecified atom stereocenters. The number of hydrogen-bond donors (Lipinski definition) is 1. The Morgan fingerprint density at radius 1 is 1.12 bits per heavy atom. The molecule has 5 rings (SSSR count). The summed E-state index contributed by atoms with van der Waals surface area (Å²) in [5.74, 6) is 0.756. The van der Waals surface area contributed by atoms with E-state index in [9.17, 15) is 4.79 Å². The van der Waals surface area contributed by atoms with Crippen LogP contribution in [0.1, 0.15) is 48.8 Å². The average molecular weight is 354 g/mol. The summed E-state index contributed by atoms with van der Waals surface area (Å²) in [6, 6.07) is 6.95. The quantitative estimate of drug-likeness (QED) is 0.834. The normalized spacial score (nSPS) is 24.7. The lowest BCUT2D eigenvalue weighted by atomic mass is 9.92. The number of amidine groups is 1. The van der Waals surface area contributed by atoms with E-state index in [1.807, 2.05) is 0 Å². The molecular formula is C20H22N2O2S. The van der Waals surface area contributed by atoms with Gasteiger partial charge in [0, 0.05) is 17.2 Å². The molecule has 25 heavy (non-hydrogen) atoms. The fourth-order valence-electron chi connectivity index (χ4n) is 4.42. The highest BCUT2D eigenvalue weighted by Gasteiger charge is 2.30. The molecule has 0 bridgehead atoms. The first-order valence-corrected chi connectivity index (χ1v) is 10.3. The van der Waals surface area contributed by atoms with Crippen molar-refractivity contribution in [3.8, 4) is 0 Å². The summed E-state index contributed by atoms with van der Waals surface area (Å²) >= 11 is 1.72. The molecule has 0 saturated heterocycles. The van der Waals surface area contributed by atoms with Gasteiger partial charge in [0.1, 0.15) is 5.58 Å². The number of thioether (sulfide) groups is 1. The molecule has 0 radical (unpaired) electrons. The van der Waals surface area contributed by atoms with E-state index in [-0.39, 0.29) is 5.63 Å². The number of aliphatic imine (C=N–C) groups is 1. The van der Waals surface area contributed by atoms with Crippen molar-refractivity contribution in [1.29, 1.82) is 0 Å². The number of hydrogen-bond acceptors (Lipinski definition) is 5. The predicted octanol–water partition coefficient (Wildman–Crippen LogP) is 3.79. The zero-order valence-electron chi connectivity index (χ0n) is 14.2. The minimum absolute atomic E-state index is 0.254. The highest BCUT2D eigenvalue weighted by molar-refractivity contribution is 8.13. The summed E-state index contributed by atoms with van der Waals surface area (Å²) < 4.78 is 5.47.